The Hall–Kier alpha value is -1.03. The second kappa shape index (κ2) is 6.61. The number of morpholine rings is 1. The zero-order valence-corrected chi connectivity index (χ0v) is 13.0. The second-order valence-corrected chi connectivity index (χ2v) is 5.75. The molecular formula is C15H17Cl2NO2. The van der Waals surface area contributed by atoms with E-state index >= 15 is 0 Å². The van der Waals surface area contributed by atoms with Crippen LogP contribution in [-0.4, -0.2) is 36.1 Å². The van der Waals surface area contributed by atoms with Crippen LogP contribution in [0, 0.1) is 0 Å². The van der Waals surface area contributed by atoms with E-state index in [-0.39, 0.29) is 18.1 Å². The third kappa shape index (κ3) is 3.54. The van der Waals surface area contributed by atoms with Crippen LogP contribution in [0.25, 0.3) is 6.08 Å². The van der Waals surface area contributed by atoms with E-state index in [1.165, 1.54) is 6.08 Å². The molecule has 20 heavy (non-hydrogen) atoms. The van der Waals surface area contributed by atoms with Gasteiger partial charge in [0.05, 0.1) is 28.8 Å². The molecule has 108 valence electrons. The van der Waals surface area contributed by atoms with Crippen LogP contribution in [0.15, 0.2) is 24.3 Å². The maximum absolute atomic E-state index is 12.2. The Kier molecular flexibility index (Phi) is 5.08. The summed E-state index contributed by atoms with van der Waals surface area (Å²) in [5.41, 5.74) is 0.737. The number of benzene rings is 1. The number of amides is 1. The zero-order valence-electron chi connectivity index (χ0n) is 11.5. The Labute approximate surface area is 129 Å². The van der Waals surface area contributed by atoms with Crippen LogP contribution in [0.4, 0.5) is 0 Å². The SMILES string of the molecule is C[C@@H]1CN(C(=O)/C=C/c2cccc(Cl)c2Cl)[C@@H](C)CO1. The molecule has 0 radical (unpaired) electrons. The van der Waals surface area contributed by atoms with Crippen molar-refractivity contribution in [1.82, 2.24) is 4.90 Å². The molecular weight excluding hydrogens is 297 g/mol. The molecule has 1 heterocycles. The summed E-state index contributed by atoms with van der Waals surface area (Å²) < 4.78 is 5.51. The van der Waals surface area contributed by atoms with Crippen LogP contribution in [0.3, 0.4) is 0 Å². The molecule has 1 aromatic rings. The lowest BCUT2D eigenvalue weighted by Gasteiger charge is -2.36. The van der Waals surface area contributed by atoms with Crippen LogP contribution in [0.2, 0.25) is 10.0 Å². The first-order chi connectivity index (χ1) is 9.49. The summed E-state index contributed by atoms with van der Waals surface area (Å²) in [6, 6.07) is 5.42. The predicted molar refractivity (Wildman–Crippen MR) is 82.1 cm³/mol. The van der Waals surface area contributed by atoms with Crippen LogP contribution in [0.5, 0.6) is 0 Å². The van der Waals surface area contributed by atoms with Crippen molar-refractivity contribution in [2.45, 2.75) is 26.0 Å². The van der Waals surface area contributed by atoms with Crippen LogP contribution >= 0.6 is 23.2 Å². The molecule has 0 unspecified atom stereocenters. The van der Waals surface area contributed by atoms with E-state index in [4.69, 9.17) is 27.9 Å². The monoisotopic (exact) mass is 313 g/mol. The van der Waals surface area contributed by atoms with Crippen molar-refractivity contribution < 1.29 is 9.53 Å². The molecule has 1 aliphatic rings. The topological polar surface area (TPSA) is 29.5 Å². The quantitative estimate of drug-likeness (QED) is 0.780. The first-order valence-corrected chi connectivity index (χ1v) is 7.29. The molecule has 0 aliphatic carbocycles. The van der Waals surface area contributed by atoms with E-state index in [9.17, 15) is 4.79 Å². The van der Waals surface area contributed by atoms with Crippen molar-refractivity contribution in [1.29, 1.82) is 0 Å². The van der Waals surface area contributed by atoms with Gasteiger partial charge in [0.25, 0.3) is 0 Å². The molecule has 1 aromatic carbocycles. The highest BCUT2D eigenvalue weighted by atomic mass is 35.5. The number of carbonyl (C=O) groups excluding carboxylic acids is 1. The fraction of sp³-hybridized carbons (Fsp3) is 0.400. The molecule has 0 bridgehead atoms. The number of rotatable bonds is 2. The van der Waals surface area contributed by atoms with Crippen molar-refractivity contribution in [2.24, 2.45) is 0 Å². The highest BCUT2D eigenvalue weighted by molar-refractivity contribution is 6.42. The summed E-state index contributed by atoms with van der Waals surface area (Å²) in [5, 5.41) is 0.941. The van der Waals surface area contributed by atoms with E-state index < -0.39 is 0 Å². The normalized spacial score (nSPS) is 23.3. The van der Waals surface area contributed by atoms with Gasteiger partial charge in [-0.15, -0.1) is 0 Å². The lowest BCUT2D eigenvalue weighted by Crippen LogP contribution is -2.49. The van der Waals surface area contributed by atoms with Crippen molar-refractivity contribution in [2.75, 3.05) is 13.2 Å². The third-order valence-electron chi connectivity index (χ3n) is 3.28. The Balaban J connectivity index is 2.10. The van der Waals surface area contributed by atoms with Gasteiger partial charge in [-0.2, -0.15) is 0 Å². The number of ether oxygens (including phenoxy) is 1. The molecule has 3 nitrogen and oxygen atoms in total. The zero-order chi connectivity index (χ0) is 14.7. The molecule has 1 saturated heterocycles. The minimum atomic E-state index is -0.0382. The van der Waals surface area contributed by atoms with Crippen LogP contribution in [0.1, 0.15) is 19.4 Å². The molecule has 0 saturated carbocycles. The summed E-state index contributed by atoms with van der Waals surface area (Å²) in [7, 11) is 0. The third-order valence-corrected chi connectivity index (χ3v) is 4.11. The van der Waals surface area contributed by atoms with Gasteiger partial charge in [0, 0.05) is 12.6 Å². The van der Waals surface area contributed by atoms with Gasteiger partial charge in [-0.3, -0.25) is 4.79 Å². The van der Waals surface area contributed by atoms with Crippen molar-refractivity contribution >= 4 is 35.2 Å². The number of hydrogen-bond acceptors (Lipinski definition) is 2. The average Bonchev–Trinajstić information content (AvgIpc) is 2.43. The fourth-order valence-electron chi connectivity index (χ4n) is 2.12. The number of halogens is 2. The summed E-state index contributed by atoms with van der Waals surface area (Å²) in [6.45, 7) is 5.11. The lowest BCUT2D eigenvalue weighted by molar-refractivity contribution is -0.137. The van der Waals surface area contributed by atoms with Gasteiger partial charge in [-0.25, -0.2) is 0 Å². The smallest absolute Gasteiger partial charge is 0.246 e. The van der Waals surface area contributed by atoms with Crippen molar-refractivity contribution in [3.05, 3.63) is 39.9 Å². The molecule has 5 heteroatoms. The van der Waals surface area contributed by atoms with Crippen LogP contribution < -0.4 is 0 Å². The standard InChI is InChI=1S/C15H17Cl2NO2/c1-10-9-20-11(2)8-18(10)14(19)7-6-12-4-3-5-13(16)15(12)17/h3-7,10-11H,8-9H2,1-2H3/b7-6+/t10-,11+/m0/s1. The van der Waals surface area contributed by atoms with Gasteiger partial charge in [-0.1, -0.05) is 35.3 Å². The number of carbonyl (C=O) groups is 1. The Morgan fingerprint density at radius 2 is 2.15 bits per heavy atom. The summed E-state index contributed by atoms with van der Waals surface area (Å²) in [4.78, 5) is 14.0. The molecule has 0 N–H and O–H groups in total. The van der Waals surface area contributed by atoms with Gasteiger partial charge < -0.3 is 9.64 Å². The fourth-order valence-corrected chi connectivity index (χ4v) is 2.49. The Morgan fingerprint density at radius 3 is 2.90 bits per heavy atom. The molecule has 2 rings (SSSR count). The summed E-state index contributed by atoms with van der Waals surface area (Å²) in [5.74, 6) is -0.0382. The minimum Gasteiger partial charge on any atom is -0.375 e. The molecule has 0 aromatic heterocycles. The average molecular weight is 314 g/mol. The van der Waals surface area contributed by atoms with Gasteiger partial charge in [0.2, 0.25) is 5.91 Å². The van der Waals surface area contributed by atoms with Crippen molar-refractivity contribution in [3.63, 3.8) is 0 Å². The highest BCUT2D eigenvalue weighted by Crippen LogP contribution is 2.26. The number of nitrogens with zero attached hydrogens (tertiary/aromatic N) is 1. The maximum atomic E-state index is 12.2. The van der Waals surface area contributed by atoms with E-state index in [1.54, 1.807) is 18.2 Å². The highest BCUT2D eigenvalue weighted by Gasteiger charge is 2.25. The summed E-state index contributed by atoms with van der Waals surface area (Å²) >= 11 is 12.0. The first kappa shape index (κ1) is 15.4. The summed E-state index contributed by atoms with van der Waals surface area (Å²) in [6.07, 6.45) is 3.30. The van der Waals surface area contributed by atoms with Crippen molar-refractivity contribution in [3.8, 4) is 0 Å². The molecule has 1 amide bonds. The maximum Gasteiger partial charge on any atom is 0.246 e. The molecule has 1 fully saturated rings. The molecule has 2 atom stereocenters. The predicted octanol–water partition coefficient (Wildman–Crippen LogP) is 3.64. The molecule has 1 aliphatic heterocycles. The van der Waals surface area contributed by atoms with Gasteiger partial charge >= 0.3 is 0 Å². The number of hydrogen-bond donors (Lipinski definition) is 0. The second-order valence-electron chi connectivity index (χ2n) is 4.96. The van der Waals surface area contributed by atoms with Gasteiger partial charge in [-0.05, 0) is 31.6 Å². The van der Waals surface area contributed by atoms with Crippen LogP contribution in [-0.2, 0) is 9.53 Å². The van der Waals surface area contributed by atoms with E-state index in [0.717, 1.165) is 5.56 Å². The van der Waals surface area contributed by atoms with E-state index in [2.05, 4.69) is 0 Å². The first-order valence-electron chi connectivity index (χ1n) is 6.53. The Bertz CT molecular complexity index is 531. The van der Waals surface area contributed by atoms with E-state index in [1.807, 2.05) is 24.8 Å². The Morgan fingerprint density at radius 1 is 1.40 bits per heavy atom. The van der Waals surface area contributed by atoms with E-state index in [0.29, 0.717) is 23.2 Å². The van der Waals surface area contributed by atoms with Gasteiger partial charge in [0.1, 0.15) is 0 Å². The molecule has 0 spiro atoms. The van der Waals surface area contributed by atoms with Gasteiger partial charge in [0.15, 0.2) is 0 Å². The largest absolute Gasteiger partial charge is 0.375 e. The lowest BCUT2D eigenvalue weighted by atomic mass is 10.1. The minimum absolute atomic E-state index is 0.0382.